The Labute approximate surface area is 252 Å². The van der Waals surface area contributed by atoms with Crippen LogP contribution >= 0.6 is 0 Å². The molecule has 4 aromatic rings. The third kappa shape index (κ3) is 5.33. The number of nitrogens with zero attached hydrogens (tertiary/aromatic N) is 2. The van der Waals surface area contributed by atoms with E-state index in [1.54, 1.807) is 24.3 Å². The number of amides is 3. The fraction of sp³-hybridized carbons (Fsp3) is 0.212. The van der Waals surface area contributed by atoms with Gasteiger partial charge in [0.05, 0.1) is 16.8 Å². The highest BCUT2D eigenvalue weighted by molar-refractivity contribution is 6.35. The zero-order valence-corrected chi connectivity index (χ0v) is 24.5. The Kier molecular flexibility index (Phi) is 7.48. The summed E-state index contributed by atoms with van der Waals surface area (Å²) >= 11 is 0. The molecule has 4 heterocycles. The van der Waals surface area contributed by atoms with Crippen LogP contribution in [0.5, 0.6) is 0 Å². The van der Waals surface area contributed by atoms with Crippen molar-refractivity contribution in [1.82, 2.24) is 19.8 Å². The van der Waals surface area contributed by atoms with E-state index in [1.807, 2.05) is 25.8 Å². The summed E-state index contributed by atoms with van der Waals surface area (Å²) < 4.78 is 13.3. The average Bonchev–Trinajstić information content (AvgIpc) is 3.46. The summed E-state index contributed by atoms with van der Waals surface area (Å²) in [5, 5.41) is 5.56. The lowest BCUT2D eigenvalue weighted by Gasteiger charge is -2.32. The molecule has 0 radical (unpaired) electrons. The number of hydrogen-bond acceptors (Lipinski definition) is 5. The second kappa shape index (κ2) is 11.4. The van der Waals surface area contributed by atoms with Gasteiger partial charge in [0.2, 0.25) is 5.43 Å². The van der Waals surface area contributed by atoms with E-state index in [4.69, 9.17) is 0 Å². The fourth-order valence-electron chi connectivity index (χ4n) is 5.66. The van der Waals surface area contributed by atoms with Crippen LogP contribution in [0, 0.1) is 19.7 Å². The van der Waals surface area contributed by atoms with Crippen molar-refractivity contribution in [2.24, 2.45) is 0 Å². The first-order valence-electron chi connectivity index (χ1n) is 14.2. The highest BCUT2D eigenvalue weighted by Gasteiger charge is 2.28. The van der Waals surface area contributed by atoms with Crippen molar-refractivity contribution in [2.45, 2.75) is 13.8 Å². The number of aromatic nitrogens is 2. The number of hydrogen-bond donors (Lipinski definition) is 4. The largest absolute Gasteiger partial charge is 0.366 e. The van der Waals surface area contributed by atoms with Gasteiger partial charge in [-0.15, -0.1) is 0 Å². The number of aromatic amines is 2. The molecule has 2 aliphatic rings. The second-order valence-corrected chi connectivity index (χ2v) is 11.1. The van der Waals surface area contributed by atoms with Crippen LogP contribution in [-0.2, 0) is 4.79 Å². The molecule has 3 amide bonds. The lowest BCUT2D eigenvalue weighted by molar-refractivity contribution is -0.110. The summed E-state index contributed by atoms with van der Waals surface area (Å²) in [5.74, 6) is -1.40. The van der Waals surface area contributed by atoms with Gasteiger partial charge >= 0.3 is 0 Å². The number of likely N-dealkylation sites (N-methyl/N-ethyl adjacent to an activating group) is 1. The van der Waals surface area contributed by atoms with Crippen molar-refractivity contribution >= 4 is 40.7 Å². The van der Waals surface area contributed by atoms with E-state index in [9.17, 15) is 23.6 Å². The molecule has 10 nitrogen and oxygen atoms in total. The summed E-state index contributed by atoms with van der Waals surface area (Å²) in [6.07, 6.45) is 4.51. The molecule has 0 unspecified atom stereocenters. The van der Waals surface area contributed by atoms with Crippen molar-refractivity contribution in [2.75, 3.05) is 43.9 Å². The summed E-state index contributed by atoms with van der Waals surface area (Å²) in [6.45, 7) is 6.71. The number of nitrogens with one attached hydrogen (secondary N) is 4. The molecule has 0 aliphatic carbocycles. The van der Waals surface area contributed by atoms with Crippen LogP contribution in [0.2, 0.25) is 0 Å². The summed E-state index contributed by atoms with van der Waals surface area (Å²) in [5.41, 5.74) is 4.86. The van der Waals surface area contributed by atoms with Crippen molar-refractivity contribution in [3.63, 3.8) is 0 Å². The third-order valence-electron chi connectivity index (χ3n) is 8.17. The number of halogens is 1. The monoisotopic (exact) mass is 594 g/mol. The molecule has 224 valence electrons. The van der Waals surface area contributed by atoms with Crippen molar-refractivity contribution < 1.29 is 18.8 Å². The highest BCUT2D eigenvalue weighted by atomic mass is 19.1. The van der Waals surface area contributed by atoms with Gasteiger partial charge < -0.3 is 30.4 Å². The van der Waals surface area contributed by atoms with Gasteiger partial charge in [0.25, 0.3) is 17.7 Å². The van der Waals surface area contributed by atoms with Crippen LogP contribution in [0.4, 0.5) is 15.8 Å². The number of aryl methyl sites for hydroxylation is 1. The maximum absolute atomic E-state index is 13.3. The van der Waals surface area contributed by atoms with Gasteiger partial charge in [-0.25, -0.2) is 4.39 Å². The van der Waals surface area contributed by atoms with E-state index in [2.05, 4.69) is 25.5 Å². The zero-order valence-electron chi connectivity index (χ0n) is 24.5. The van der Waals surface area contributed by atoms with Crippen LogP contribution in [0.15, 0.2) is 59.7 Å². The van der Waals surface area contributed by atoms with Gasteiger partial charge in [0, 0.05) is 66.8 Å². The number of benzene rings is 2. The van der Waals surface area contributed by atoms with Gasteiger partial charge in [-0.2, -0.15) is 0 Å². The molecule has 1 fully saturated rings. The molecule has 1 saturated heterocycles. The lowest BCUT2D eigenvalue weighted by atomic mass is 10.0. The number of pyridine rings is 1. The third-order valence-corrected chi connectivity index (χ3v) is 8.17. The molecule has 0 saturated carbocycles. The highest BCUT2D eigenvalue weighted by Crippen LogP contribution is 2.36. The Morgan fingerprint density at radius 1 is 0.955 bits per heavy atom. The van der Waals surface area contributed by atoms with Gasteiger partial charge in [-0.05, 0) is 62.4 Å². The van der Waals surface area contributed by atoms with E-state index in [0.29, 0.717) is 52.4 Å². The molecule has 0 atom stereocenters. The van der Waals surface area contributed by atoms with Gasteiger partial charge in [-0.3, -0.25) is 19.2 Å². The fourth-order valence-corrected chi connectivity index (χ4v) is 5.66. The van der Waals surface area contributed by atoms with Crippen LogP contribution in [0.1, 0.15) is 43.2 Å². The van der Waals surface area contributed by atoms with Crippen molar-refractivity contribution in [3.05, 3.63) is 105 Å². The lowest BCUT2D eigenvalue weighted by Crippen LogP contribution is -2.47. The number of carbonyl (C=O) groups is 3. The number of rotatable bonds is 5. The minimum Gasteiger partial charge on any atom is -0.366 e. The Bertz CT molecular complexity index is 1900. The molecule has 0 spiro atoms. The van der Waals surface area contributed by atoms with Gasteiger partial charge in [0.15, 0.2) is 0 Å². The van der Waals surface area contributed by atoms with E-state index >= 15 is 0 Å². The summed E-state index contributed by atoms with van der Waals surface area (Å²) in [6, 6.07) is 10.4. The first-order valence-corrected chi connectivity index (χ1v) is 14.2. The molecule has 4 N–H and O–H groups in total. The minimum absolute atomic E-state index is 0.0207. The smallest absolute Gasteiger partial charge is 0.261 e. The van der Waals surface area contributed by atoms with Crippen LogP contribution in [0.25, 0.3) is 22.8 Å². The summed E-state index contributed by atoms with van der Waals surface area (Å²) in [7, 11) is 2.04. The number of piperazine rings is 1. The van der Waals surface area contributed by atoms with E-state index in [0.717, 1.165) is 24.3 Å². The molecule has 0 bridgehead atoms. The normalized spacial score (nSPS) is 15.8. The zero-order chi connectivity index (χ0) is 31.1. The standard InChI is InChI=1S/C33H31FN6O4/c1-18-27(36-19(2)29(18)33(44)40-12-10-39(3)11-13-40)15-24-23-9-8-22(14-28(23)38-31(24)42)37-32(43)26-17-35-16-25(30(26)41)20-4-6-21(34)7-5-20/h4-9,14-17,36H,10-13H2,1-3H3,(H,35,41)(H,37,43)(H,38,42). The van der Waals surface area contributed by atoms with Crippen LogP contribution in [0.3, 0.4) is 0 Å². The van der Waals surface area contributed by atoms with Gasteiger partial charge in [-0.1, -0.05) is 18.2 Å². The Morgan fingerprint density at radius 2 is 1.68 bits per heavy atom. The van der Waals surface area contributed by atoms with E-state index < -0.39 is 17.2 Å². The minimum atomic E-state index is -0.634. The molecule has 44 heavy (non-hydrogen) atoms. The quantitative estimate of drug-likeness (QED) is 0.257. The molecular weight excluding hydrogens is 563 g/mol. The Balaban J connectivity index is 1.23. The number of anilines is 2. The molecule has 2 aromatic heterocycles. The van der Waals surface area contributed by atoms with Crippen molar-refractivity contribution in [3.8, 4) is 11.1 Å². The van der Waals surface area contributed by atoms with E-state index in [1.165, 1.54) is 36.7 Å². The Hall–Kier alpha value is -5.29. The predicted molar refractivity (Wildman–Crippen MR) is 167 cm³/mol. The average molecular weight is 595 g/mol. The van der Waals surface area contributed by atoms with Crippen LogP contribution in [-0.4, -0.2) is 70.7 Å². The number of H-pyrrole nitrogens is 2. The Morgan fingerprint density at radius 3 is 2.41 bits per heavy atom. The second-order valence-electron chi connectivity index (χ2n) is 11.1. The number of carbonyl (C=O) groups excluding carboxylic acids is 3. The first-order chi connectivity index (χ1) is 21.1. The maximum Gasteiger partial charge on any atom is 0.261 e. The van der Waals surface area contributed by atoms with Crippen LogP contribution < -0.4 is 16.1 Å². The van der Waals surface area contributed by atoms with Gasteiger partial charge in [0.1, 0.15) is 11.4 Å². The first kappa shape index (κ1) is 28.8. The molecule has 11 heteroatoms. The maximum atomic E-state index is 13.3. The molecule has 2 aliphatic heterocycles. The number of fused-ring (bicyclic) bond motifs is 1. The molecular formula is C33H31FN6O4. The topological polar surface area (TPSA) is 130 Å². The summed E-state index contributed by atoms with van der Waals surface area (Å²) in [4.78, 5) is 62.6. The van der Waals surface area contributed by atoms with E-state index in [-0.39, 0.29) is 22.9 Å². The van der Waals surface area contributed by atoms with Crippen molar-refractivity contribution in [1.29, 1.82) is 0 Å². The SMILES string of the molecule is Cc1[nH]c(C=C2C(=O)Nc3cc(NC(=O)c4c[nH]cc(-c5ccc(F)cc5)c4=O)ccc32)c(C)c1C(=O)N1CCN(C)CC1. The molecule has 2 aromatic carbocycles. The predicted octanol–water partition coefficient (Wildman–Crippen LogP) is 4.26. The molecule has 6 rings (SSSR count).